The Morgan fingerprint density at radius 1 is 0.971 bits per heavy atom. The lowest BCUT2D eigenvalue weighted by molar-refractivity contribution is 0.104. The molecule has 4 rings (SSSR count). The third-order valence-corrected chi connectivity index (χ3v) is 6.38. The van der Waals surface area contributed by atoms with Crippen LogP contribution in [0.1, 0.15) is 35.3 Å². The molecule has 0 aliphatic heterocycles. The highest BCUT2D eigenvalue weighted by Crippen LogP contribution is 2.47. The maximum Gasteiger partial charge on any atom is 0.198 e. The van der Waals surface area contributed by atoms with Gasteiger partial charge in [-0.05, 0) is 58.7 Å². The molecule has 0 saturated heterocycles. The van der Waals surface area contributed by atoms with E-state index in [9.17, 15) is 9.90 Å². The molecular weight excluding hydrogens is 440 g/mol. The van der Waals surface area contributed by atoms with Gasteiger partial charge in [-0.25, -0.2) is 9.97 Å². The van der Waals surface area contributed by atoms with E-state index < -0.39 is 0 Å². The molecule has 0 amide bonds. The molecule has 1 aliphatic carbocycles. The number of hydrogen-bond donors (Lipinski definition) is 3. The molecule has 0 radical (unpaired) electrons. The number of aryl methyl sites for hydroxylation is 1. The number of benzene rings is 1. The Balaban J connectivity index is 1.87. The zero-order valence-electron chi connectivity index (χ0n) is 21.8. The maximum atomic E-state index is 13.7. The molecule has 3 N–H and O–H groups in total. The lowest BCUT2D eigenvalue weighted by Crippen LogP contribution is -2.34. The second-order valence-corrected chi connectivity index (χ2v) is 10.7. The van der Waals surface area contributed by atoms with Crippen LogP contribution in [0.15, 0.2) is 24.4 Å². The smallest absolute Gasteiger partial charge is 0.198 e. The second-order valence-electron chi connectivity index (χ2n) is 10.7. The summed E-state index contributed by atoms with van der Waals surface area (Å²) < 4.78 is 0. The van der Waals surface area contributed by atoms with Crippen molar-refractivity contribution >= 4 is 28.3 Å². The Morgan fingerprint density at radius 3 is 2.40 bits per heavy atom. The number of phenolic OH excluding ortho intramolecular Hbond substituents is 1. The van der Waals surface area contributed by atoms with Crippen LogP contribution in [0.3, 0.4) is 0 Å². The van der Waals surface area contributed by atoms with E-state index in [1.807, 2.05) is 27.1 Å². The van der Waals surface area contributed by atoms with Gasteiger partial charge in [-0.2, -0.15) is 0 Å². The van der Waals surface area contributed by atoms with Gasteiger partial charge in [0.05, 0.1) is 11.1 Å². The fraction of sp³-hybridized carbons (Fsp3) is 0.444. The van der Waals surface area contributed by atoms with Crippen LogP contribution in [-0.2, 0) is 0 Å². The standard InChI is InChI=1S/C27H36N6O2/c1-16-19(34)9-8-17-20-21-18(10-11-28-25(21)30-14-27(2,3)15-33(6)7)24(35)22(20)26(31-23(16)17)29-12-13-32(4)5/h8-11,34H,12-15H2,1-7H3,(H,28,30)(H,29,31). The van der Waals surface area contributed by atoms with Gasteiger partial charge in [0.1, 0.15) is 17.4 Å². The number of carbonyl (C=O) groups excluding carboxylic acids is 1. The Hall–Kier alpha value is -3.23. The zero-order chi connectivity index (χ0) is 25.5. The third-order valence-electron chi connectivity index (χ3n) is 6.38. The number of rotatable bonds is 9. The van der Waals surface area contributed by atoms with Crippen LogP contribution < -0.4 is 10.6 Å². The van der Waals surface area contributed by atoms with Crippen LogP contribution in [0.4, 0.5) is 11.6 Å². The summed E-state index contributed by atoms with van der Waals surface area (Å²) in [7, 11) is 8.14. The number of fused-ring (bicyclic) bond motifs is 5. The minimum atomic E-state index is -0.0551. The average Bonchev–Trinajstić information content (AvgIpc) is 3.08. The van der Waals surface area contributed by atoms with E-state index in [1.54, 1.807) is 18.3 Å². The summed E-state index contributed by atoms with van der Waals surface area (Å²) in [6.07, 6.45) is 1.69. The highest BCUT2D eigenvalue weighted by Gasteiger charge is 2.35. The van der Waals surface area contributed by atoms with Crippen molar-refractivity contribution in [2.45, 2.75) is 20.8 Å². The number of anilines is 2. The van der Waals surface area contributed by atoms with Gasteiger partial charge in [0.25, 0.3) is 0 Å². The van der Waals surface area contributed by atoms with Crippen LogP contribution in [0.2, 0.25) is 0 Å². The van der Waals surface area contributed by atoms with Crippen molar-refractivity contribution in [3.8, 4) is 16.9 Å². The summed E-state index contributed by atoms with van der Waals surface area (Å²) in [6.45, 7) is 9.32. The van der Waals surface area contributed by atoms with Crippen molar-refractivity contribution in [3.05, 3.63) is 41.1 Å². The Kier molecular flexibility index (Phi) is 6.71. The minimum absolute atomic E-state index is 0.000925. The number of nitrogens with zero attached hydrogens (tertiary/aromatic N) is 4. The van der Waals surface area contributed by atoms with E-state index in [4.69, 9.17) is 4.98 Å². The Morgan fingerprint density at radius 2 is 1.71 bits per heavy atom. The van der Waals surface area contributed by atoms with E-state index in [0.29, 0.717) is 46.9 Å². The fourth-order valence-corrected chi connectivity index (χ4v) is 4.87. The molecule has 0 saturated carbocycles. The van der Waals surface area contributed by atoms with E-state index in [0.717, 1.165) is 29.6 Å². The van der Waals surface area contributed by atoms with Gasteiger partial charge in [-0.1, -0.05) is 13.8 Å². The number of carbonyl (C=O) groups is 1. The molecule has 8 nitrogen and oxygen atoms in total. The topological polar surface area (TPSA) is 93.6 Å². The van der Waals surface area contributed by atoms with Crippen molar-refractivity contribution in [1.29, 1.82) is 0 Å². The van der Waals surface area contributed by atoms with Crippen LogP contribution in [-0.4, -0.2) is 85.0 Å². The first kappa shape index (κ1) is 24.9. The van der Waals surface area contributed by atoms with Crippen molar-refractivity contribution in [1.82, 2.24) is 19.8 Å². The maximum absolute atomic E-state index is 13.7. The van der Waals surface area contributed by atoms with Gasteiger partial charge < -0.3 is 25.5 Å². The van der Waals surface area contributed by atoms with Gasteiger partial charge >= 0.3 is 0 Å². The monoisotopic (exact) mass is 476 g/mol. The lowest BCUT2D eigenvalue weighted by Gasteiger charge is -2.29. The molecule has 2 heterocycles. The Bertz CT molecular complexity index is 1280. The van der Waals surface area contributed by atoms with Gasteiger partial charge in [0, 0.05) is 60.0 Å². The first-order valence-electron chi connectivity index (χ1n) is 12.0. The van der Waals surface area contributed by atoms with Crippen LogP contribution in [0.5, 0.6) is 5.75 Å². The quantitative estimate of drug-likeness (QED) is 0.336. The second kappa shape index (κ2) is 9.43. The molecular formula is C27H36N6O2. The molecule has 1 aliphatic rings. The molecule has 1 aromatic carbocycles. The number of likely N-dealkylation sites (N-methyl/N-ethyl adjacent to an activating group) is 1. The number of phenols is 1. The zero-order valence-corrected chi connectivity index (χ0v) is 21.8. The third kappa shape index (κ3) is 4.81. The van der Waals surface area contributed by atoms with Gasteiger partial charge in [-0.15, -0.1) is 0 Å². The molecule has 186 valence electrons. The van der Waals surface area contributed by atoms with E-state index in [1.165, 1.54) is 0 Å². The summed E-state index contributed by atoms with van der Waals surface area (Å²) >= 11 is 0. The van der Waals surface area contributed by atoms with Crippen molar-refractivity contribution in [3.63, 3.8) is 0 Å². The van der Waals surface area contributed by atoms with E-state index >= 15 is 0 Å². The van der Waals surface area contributed by atoms with Crippen molar-refractivity contribution < 1.29 is 9.90 Å². The molecule has 0 fully saturated rings. The fourth-order valence-electron chi connectivity index (χ4n) is 4.87. The first-order valence-corrected chi connectivity index (χ1v) is 12.0. The summed E-state index contributed by atoms with van der Waals surface area (Å²) in [5, 5.41) is 18.1. The highest BCUT2D eigenvalue weighted by atomic mass is 16.3. The molecule has 8 heteroatoms. The van der Waals surface area contributed by atoms with Crippen LogP contribution in [0, 0.1) is 12.3 Å². The lowest BCUT2D eigenvalue weighted by atomic mass is 9.92. The molecule has 0 unspecified atom stereocenters. The normalized spacial score (nSPS) is 13.0. The summed E-state index contributed by atoms with van der Waals surface area (Å²) in [4.78, 5) is 27.4. The van der Waals surface area contributed by atoms with Crippen molar-refractivity contribution in [2.75, 3.05) is 65.0 Å². The molecule has 0 bridgehead atoms. The largest absolute Gasteiger partial charge is 0.508 e. The number of aromatic nitrogens is 2. The predicted octanol–water partition coefficient (Wildman–Crippen LogP) is 3.83. The number of ketones is 1. The SMILES string of the molecule is Cc1c(O)ccc2c3c(c(NCCN(C)C)nc12)C(=O)c1ccnc(NCC(C)(C)CN(C)C)c1-3. The average molecular weight is 477 g/mol. The number of hydrogen-bond acceptors (Lipinski definition) is 8. The van der Waals surface area contributed by atoms with Gasteiger partial charge in [0.2, 0.25) is 0 Å². The predicted molar refractivity (Wildman–Crippen MR) is 143 cm³/mol. The van der Waals surface area contributed by atoms with E-state index in [-0.39, 0.29) is 16.9 Å². The van der Waals surface area contributed by atoms with Crippen LogP contribution in [0.25, 0.3) is 22.0 Å². The van der Waals surface area contributed by atoms with Gasteiger partial charge in [0.15, 0.2) is 5.78 Å². The van der Waals surface area contributed by atoms with Crippen LogP contribution >= 0.6 is 0 Å². The van der Waals surface area contributed by atoms with E-state index in [2.05, 4.69) is 53.4 Å². The Labute approximate surface area is 207 Å². The minimum Gasteiger partial charge on any atom is -0.508 e. The highest BCUT2D eigenvalue weighted by molar-refractivity contribution is 6.29. The summed E-state index contributed by atoms with van der Waals surface area (Å²) in [5.74, 6) is 1.37. The number of aromatic hydroxyl groups is 1. The molecule has 3 aromatic rings. The number of nitrogens with one attached hydrogen (secondary N) is 2. The first-order chi connectivity index (χ1) is 16.5. The summed E-state index contributed by atoms with van der Waals surface area (Å²) in [5.41, 5.74) is 4.19. The number of pyridine rings is 2. The molecule has 0 spiro atoms. The molecule has 0 atom stereocenters. The van der Waals surface area contributed by atoms with Gasteiger partial charge in [-0.3, -0.25) is 4.79 Å². The summed E-state index contributed by atoms with van der Waals surface area (Å²) in [6, 6.07) is 5.31. The van der Waals surface area contributed by atoms with Crippen molar-refractivity contribution in [2.24, 2.45) is 5.41 Å². The molecule has 2 aromatic heterocycles. The molecule has 35 heavy (non-hydrogen) atoms.